The molecule has 0 aliphatic carbocycles. The highest BCUT2D eigenvalue weighted by atomic mass is 32.1. The summed E-state index contributed by atoms with van der Waals surface area (Å²) >= 11 is 9.98. The molecule has 0 aliphatic heterocycles. The topological polar surface area (TPSA) is 133 Å². The molecule has 12 heteroatoms. The molecule has 0 spiro atoms. The first-order valence-corrected chi connectivity index (χ1v) is 7.87. The Balaban J connectivity index is 0.000000333. The van der Waals surface area contributed by atoms with Gasteiger partial charge in [0.05, 0.1) is 6.61 Å². The van der Waals surface area contributed by atoms with Gasteiger partial charge in [-0.2, -0.15) is 0 Å². The van der Waals surface area contributed by atoms with Gasteiger partial charge in [0.25, 0.3) is 5.09 Å². The van der Waals surface area contributed by atoms with Crippen LogP contribution in [0.25, 0.3) is 0 Å². The average Bonchev–Trinajstić information content (AvgIpc) is 2.92. The molecule has 24 heavy (non-hydrogen) atoms. The molecule has 0 amide bonds. The zero-order chi connectivity index (χ0) is 18.4. The van der Waals surface area contributed by atoms with Gasteiger partial charge in [-0.1, -0.05) is 23.5 Å². The Bertz CT molecular complexity index is 659. The summed E-state index contributed by atoms with van der Waals surface area (Å²) in [7, 11) is 1.45. The van der Waals surface area contributed by atoms with Crippen LogP contribution in [0.4, 0.5) is 5.13 Å². The van der Waals surface area contributed by atoms with E-state index in [9.17, 15) is 14.9 Å². The van der Waals surface area contributed by atoms with Crippen LogP contribution < -0.4 is 5.73 Å². The fourth-order valence-electron chi connectivity index (χ4n) is 0.989. The number of benzene rings is 1. The number of hydrogen-bond acceptors (Lipinski definition) is 10. The maximum absolute atomic E-state index is 10.1. The zero-order valence-electron chi connectivity index (χ0n) is 12.6. The molecule has 1 aromatic heterocycles. The van der Waals surface area contributed by atoms with Crippen LogP contribution in [0.5, 0.6) is 0 Å². The van der Waals surface area contributed by atoms with Crippen molar-refractivity contribution in [2.75, 3.05) is 26.1 Å². The fourth-order valence-corrected chi connectivity index (χ4v) is 1.81. The second-order valence-electron chi connectivity index (χ2n) is 3.71. The number of hydrogen-bond donors (Lipinski definition) is 3. The number of aldehydes is 1. The Kier molecular flexibility index (Phi) is 12.3. The summed E-state index contributed by atoms with van der Waals surface area (Å²) < 4.78 is 5.09. The summed E-state index contributed by atoms with van der Waals surface area (Å²) in [6.07, 6.45) is 0.813. The Hall–Kier alpha value is -2.02. The third-order valence-corrected chi connectivity index (χ3v) is 3.18. The number of methoxy groups -OCH3 is 1. The molecule has 9 nitrogen and oxygen atoms in total. The van der Waals surface area contributed by atoms with Crippen LogP contribution in [0.3, 0.4) is 0 Å². The van der Waals surface area contributed by atoms with Crippen LogP contribution in [0.1, 0.15) is 10.4 Å². The molecule has 1 aromatic carbocycles. The van der Waals surface area contributed by atoms with Crippen molar-refractivity contribution in [3.8, 4) is 0 Å². The first-order chi connectivity index (χ1) is 11.4. The summed E-state index contributed by atoms with van der Waals surface area (Å²) in [5.41, 5.74) is 5.88. The van der Waals surface area contributed by atoms with E-state index in [1.807, 2.05) is 0 Å². The Morgan fingerprint density at radius 2 is 2.08 bits per heavy atom. The molecule has 0 radical (unpaired) electrons. The van der Waals surface area contributed by atoms with E-state index in [4.69, 9.17) is 5.73 Å². The van der Waals surface area contributed by atoms with Gasteiger partial charge in [0.2, 0.25) is 5.13 Å². The standard InChI is InChI=1S/C7H6OS.C3H7NO4.C2H3N3S2/c8-5-6-1-3-7(9)4-2-6;1-7-2-3-8-4(5)6;3-1-4-5-2(6)7-1/h1-5,9H;2-3H2,1H3;(H2,3,4)(H,5,6). The number of rotatable bonds is 5. The highest BCUT2D eigenvalue weighted by Gasteiger charge is 1.90. The van der Waals surface area contributed by atoms with Crippen molar-refractivity contribution in [3.63, 3.8) is 0 Å². The van der Waals surface area contributed by atoms with Crippen molar-refractivity contribution in [1.29, 1.82) is 0 Å². The number of ether oxygens (including phenoxy) is 1. The number of aromatic amines is 1. The van der Waals surface area contributed by atoms with Gasteiger partial charge in [-0.05, 0) is 24.4 Å². The molecule has 0 aliphatic rings. The quantitative estimate of drug-likeness (QED) is 0.176. The predicted molar refractivity (Wildman–Crippen MR) is 95.6 cm³/mol. The monoisotopic (exact) mass is 392 g/mol. The molecule has 1 heterocycles. The molecular formula is C12H16N4O5S3. The normalized spacial score (nSPS) is 8.92. The number of anilines is 1. The molecule has 2 aromatic rings. The van der Waals surface area contributed by atoms with E-state index >= 15 is 0 Å². The van der Waals surface area contributed by atoms with Crippen molar-refractivity contribution in [1.82, 2.24) is 10.2 Å². The van der Waals surface area contributed by atoms with Crippen LogP contribution in [0.15, 0.2) is 29.2 Å². The van der Waals surface area contributed by atoms with Gasteiger partial charge in [-0.3, -0.25) is 9.89 Å². The van der Waals surface area contributed by atoms with Gasteiger partial charge < -0.3 is 15.3 Å². The van der Waals surface area contributed by atoms with Crippen molar-refractivity contribution < 1.29 is 19.5 Å². The summed E-state index contributed by atoms with van der Waals surface area (Å²) in [5.74, 6) is 0. The number of nitrogens with two attached hydrogens (primary N) is 1. The number of carbonyl (C=O) groups excluding carboxylic acids is 1. The lowest BCUT2D eigenvalue weighted by atomic mass is 10.2. The van der Waals surface area contributed by atoms with Gasteiger partial charge in [0.15, 0.2) is 3.95 Å². The van der Waals surface area contributed by atoms with Crippen LogP contribution in [-0.4, -0.2) is 41.9 Å². The van der Waals surface area contributed by atoms with Crippen molar-refractivity contribution in [2.45, 2.75) is 4.90 Å². The molecule has 0 bridgehead atoms. The molecule has 0 unspecified atom stereocenters. The number of thiol groups is 1. The predicted octanol–water partition coefficient (Wildman–Crippen LogP) is 2.41. The van der Waals surface area contributed by atoms with E-state index < -0.39 is 5.09 Å². The fraction of sp³-hybridized carbons (Fsp3) is 0.250. The molecule has 2 rings (SSSR count). The minimum absolute atomic E-state index is 0.00347. The van der Waals surface area contributed by atoms with Gasteiger partial charge >= 0.3 is 0 Å². The third-order valence-electron chi connectivity index (χ3n) is 1.97. The minimum atomic E-state index is -0.848. The van der Waals surface area contributed by atoms with Crippen molar-refractivity contribution in [3.05, 3.63) is 43.9 Å². The lowest BCUT2D eigenvalue weighted by Crippen LogP contribution is -2.06. The van der Waals surface area contributed by atoms with E-state index in [-0.39, 0.29) is 13.2 Å². The van der Waals surface area contributed by atoms with Crippen LogP contribution in [-0.2, 0) is 9.57 Å². The highest BCUT2D eigenvalue weighted by molar-refractivity contribution is 7.80. The van der Waals surface area contributed by atoms with Crippen LogP contribution >= 0.6 is 36.2 Å². The molecule has 132 valence electrons. The number of aromatic nitrogens is 2. The number of H-pyrrole nitrogens is 1. The SMILES string of the molecule is COCCO[N+](=O)[O-].Nc1n[nH]c(=S)s1.O=Cc1ccc(S)cc1. The maximum Gasteiger partial charge on any atom is 0.294 e. The number of nitrogen functional groups attached to an aromatic ring is 1. The Morgan fingerprint density at radius 1 is 1.46 bits per heavy atom. The molecule has 3 N–H and O–H groups in total. The molecule has 0 atom stereocenters. The van der Waals surface area contributed by atoms with Gasteiger partial charge in [-0.25, -0.2) is 0 Å². The summed E-state index contributed by atoms with van der Waals surface area (Å²) in [6, 6.07) is 7.03. The Morgan fingerprint density at radius 3 is 2.42 bits per heavy atom. The van der Waals surface area contributed by atoms with Gasteiger partial charge in [0, 0.05) is 17.6 Å². The molecular weight excluding hydrogens is 376 g/mol. The van der Waals surface area contributed by atoms with E-state index in [0.717, 1.165) is 11.2 Å². The van der Waals surface area contributed by atoms with Crippen LogP contribution in [0, 0.1) is 14.1 Å². The maximum atomic E-state index is 10.1. The third kappa shape index (κ3) is 12.5. The van der Waals surface area contributed by atoms with E-state index in [1.54, 1.807) is 24.3 Å². The van der Waals surface area contributed by atoms with Gasteiger partial charge in [-0.15, -0.1) is 27.8 Å². The summed E-state index contributed by atoms with van der Waals surface area (Å²) in [4.78, 5) is 24.2. The number of carbonyl (C=O) groups is 1. The summed E-state index contributed by atoms with van der Waals surface area (Å²) in [5, 5.41) is 15.2. The Labute approximate surface area is 152 Å². The van der Waals surface area contributed by atoms with E-state index in [1.165, 1.54) is 18.4 Å². The molecule has 0 fully saturated rings. The summed E-state index contributed by atoms with van der Waals surface area (Å²) in [6.45, 7) is 0.254. The van der Waals surface area contributed by atoms with E-state index in [2.05, 4.69) is 44.6 Å². The lowest BCUT2D eigenvalue weighted by Gasteiger charge is -1.93. The highest BCUT2D eigenvalue weighted by Crippen LogP contribution is 2.05. The smallest absolute Gasteiger partial charge is 0.294 e. The molecule has 0 saturated carbocycles. The largest absolute Gasteiger partial charge is 0.383 e. The second-order valence-corrected chi connectivity index (χ2v) is 5.92. The molecule has 0 saturated heterocycles. The van der Waals surface area contributed by atoms with Gasteiger partial charge in [0.1, 0.15) is 12.9 Å². The lowest BCUT2D eigenvalue weighted by molar-refractivity contribution is -0.758. The van der Waals surface area contributed by atoms with E-state index in [0.29, 0.717) is 14.6 Å². The number of nitrogens with one attached hydrogen (secondary N) is 1. The van der Waals surface area contributed by atoms with Crippen molar-refractivity contribution in [2.24, 2.45) is 0 Å². The van der Waals surface area contributed by atoms with Crippen LogP contribution in [0.2, 0.25) is 0 Å². The number of nitrogens with zero attached hydrogens (tertiary/aromatic N) is 2. The van der Waals surface area contributed by atoms with Crippen molar-refractivity contribution >= 4 is 47.6 Å². The second kappa shape index (κ2) is 13.4. The average molecular weight is 392 g/mol. The first kappa shape index (κ1) is 22.0. The minimum Gasteiger partial charge on any atom is -0.383 e. The first-order valence-electron chi connectivity index (χ1n) is 6.20. The zero-order valence-corrected chi connectivity index (χ0v) is 15.1.